The number of amides is 3. The number of piperidine rings is 1. The quantitative estimate of drug-likeness (QED) is 0.477. The predicted molar refractivity (Wildman–Crippen MR) is 136 cm³/mol. The SMILES string of the molecule is CCCCN1C(=O)[C@H](CC(C)C)NC(=O)C12CCN(Cc1ccc(C(=O)NCC(=O)OC)cc1)CC2. The van der Waals surface area contributed by atoms with Gasteiger partial charge in [-0.25, -0.2) is 0 Å². The van der Waals surface area contributed by atoms with Gasteiger partial charge in [-0.2, -0.15) is 0 Å². The molecule has 2 fully saturated rings. The van der Waals surface area contributed by atoms with Crippen LogP contribution in [0.4, 0.5) is 0 Å². The first-order chi connectivity index (χ1) is 17.2. The number of carbonyl (C=O) groups is 4. The maximum Gasteiger partial charge on any atom is 0.325 e. The molecule has 2 aliphatic rings. The smallest absolute Gasteiger partial charge is 0.325 e. The van der Waals surface area contributed by atoms with Crippen molar-refractivity contribution in [3.8, 4) is 0 Å². The highest BCUT2D eigenvalue weighted by Gasteiger charge is 2.53. The van der Waals surface area contributed by atoms with Crippen molar-refractivity contribution in [2.45, 2.75) is 71.0 Å². The van der Waals surface area contributed by atoms with Gasteiger partial charge in [0.1, 0.15) is 18.1 Å². The Hall–Kier alpha value is -2.94. The highest BCUT2D eigenvalue weighted by molar-refractivity contribution is 6.00. The van der Waals surface area contributed by atoms with Gasteiger partial charge in [-0.3, -0.25) is 24.1 Å². The third kappa shape index (κ3) is 6.43. The summed E-state index contributed by atoms with van der Waals surface area (Å²) in [6.45, 7) is 8.80. The van der Waals surface area contributed by atoms with E-state index in [-0.39, 0.29) is 24.3 Å². The normalized spacial score (nSPS) is 19.9. The van der Waals surface area contributed by atoms with Crippen molar-refractivity contribution in [1.29, 1.82) is 0 Å². The standard InChI is InChI=1S/C27H40N4O5/c1-5-6-13-31-25(34)22(16-19(2)3)29-26(35)27(31)11-14-30(15-12-27)18-20-7-9-21(10-8-20)24(33)28-17-23(32)36-4/h7-10,19,22H,5-6,11-18H2,1-4H3,(H,28,33)(H,29,35)/t22-/m0/s1. The predicted octanol–water partition coefficient (Wildman–Crippen LogP) is 2.10. The van der Waals surface area contributed by atoms with E-state index in [1.165, 1.54) is 7.11 Å². The molecule has 2 N–H and O–H groups in total. The molecule has 9 heteroatoms. The molecule has 0 radical (unpaired) electrons. The molecule has 0 bridgehead atoms. The number of rotatable bonds is 10. The number of methoxy groups -OCH3 is 1. The van der Waals surface area contributed by atoms with Crippen molar-refractivity contribution in [2.24, 2.45) is 5.92 Å². The molecule has 3 amide bonds. The van der Waals surface area contributed by atoms with Crippen LogP contribution in [0.15, 0.2) is 24.3 Å². The van der Waals surface area contributed by atoms with Crippen molar-refractivity contribution in [3.05, 3.63) is 35.4 Å². The van der Waals surface area contributed by atoms with Crippen molar-refractivity contribution >= 4 is 23.7 Å². The molecule has 3 rings (SSSR count). The highest BCUT2D eigenvalue weighted by atomic mass is 16.5. The van der Waals surface area contributed by atoms with E-state index >= 15 is 0 Å². The van der Waals surface area contributed by atoms with E-state index < -0.39 is 17.6 Å². The maximum absolute atomic E-state index is 13.4. The lowest BCUT2D eigenvalue weighted by Crippen LogP contribution is -2.73. The summed E-state index contributed by atoms with van der Waals surface area (Å²) < 4.78 is 4.53. The summed E-state index contributed by atoms with van der Waals surface area (Å²) in [5.41, 5.74) is 0.761. The Morgan fingerprint density at radius 3 is 2.42 bits per heavy atom. The second-order valence-corrected chi connectivity index (χ2v) is 10.3. The molecule has 0 unspecified atom stereocenters. The number of hydrogen-bond acceptors (Lipinski definition) is 6. The van der Waals surface area contributed by atoms with Gasteiger partial charge in [0.05, 0.1) is 7.11 Å². The number of carbonyl (C=O) groups excluding carboxylic acids is 4. The molecule has 1 aromatic carbocycles. The lowest BCUT2D eigenvalue weighted by molar-refractivity contribution is -0.161. The summed E-state index contributed by atoms with van der Waals surface area (Å²) in [6, 6.07) is 6.85. The Labute approximate surface area is 213 Å². The van der Waals surface area contributed by atoms with E-state index in [9.17, 15) is 19.2 Å². The molecule has 36 heavy (non-hydrogen) atoms. The van der Waals surface area contributed by atoms with Crippen LogP contribution in [-0.2, 0) is 25.7 Å². The molecule has 0 saturated carbocycles. The number of unbranched alkanes of at least 4 members (excludes halogenated alkanes) is 1. The number of likely N-dealkylation sites (tertiary alicyclic amines) is 1. The fourth-order valence-electron chi connectivity index (χ4n) is 5.07. The summed E-state index contributed by atoms with van der Waals surface area (Å²) in [6.07, 6.45) is 3.73. The van der Waals surface area contributed by atoms with Gasteiger partial charge >= 0.3 is 5.97 Å². The summed E-state index contributed by atoms with van der Waals surface area (Å²) in [5, 5.41) is 5.58. The largest absolute Gasteiger partial charge is 0.468 e. The number of nitrogens with one attached hydrogen (secondary N) is 2. The fourth-order valence-corrected chi connectivity index (χ4v) is 5.07. The van der Waals surface area contributed by atoms with Gasteiger partial charge < -0.3 is 20.3 Å². The van der Waals surface area contributed by atoms with Crippen LogP contribution in [0.2, 0.25) is 0 Å². The monoisotopic (exact) mass is 500 g/mol. The van der Waals surface area contributed by atoms with Crippen LogP contribution in [0.1, 0.15) is 68.8 Å². The molecule has 1 spiro atoms. The van der Waals surface area contributed by atoms with Crippen LogP contribution in [-0.4, -0.2) is 78.4 Å². The second kappa shape index (κ2) is 12.3. The zero-order chi connectivity index (χ0) is 26.3. The van der Waals surface area contributed by atoms with Crippen LogP contribution in [0.5, 0.6) is 0 Å². The highest BCUT2D eigenvalue weighted by Crippen LogP contribution is 2.34. The lowest BCUT2D eigenvalue weighted by atomic mass is 9.80. The number of nitrogens with zero attached hydrogens (tertiary/aromatic N) is 2. The van der Waals surface area contributed by atoms with Crippen molar-refractivity contribution < 1.29 is 23.9 Å². The van der Waals surface area contributed by atoms with E-state index in [0.717, 1.165) is 18.4 Å². The fraction of sp³-hybridized carbons (Fsp3) is 0.630. The number of ether oxygens (including phenoxy) is 1. The molecular formula is C27H40N4O5. The van der Waals surface area contributed by atoms with Gasteiger partial charge in [0.25, 0.3) is 5.91 Å². The third-order valence-electron chi connectivity index (χ3n) is 7.18. The number of benzene rings is 1. The van der Waals surface area contributed by atoms with Gasteiger partial charge in [0.15, 0.2) is 0 Å². The van der Waals surface area contributed by atoms with Gasteiger partial charge in [-0.1, -0.05) is 39.3 Å². The van der Waals surface area contributed by atoms with E-state index in [1.807, 2.05) is 17.0 Å². The summed E-state index contributed by atoms with van der Waals surface area (Å²) >= 11 is 0. The molecule has 0 aromatic heterocycles. The van der Waals surface area contributed by atoms with Gasteiger partial charge in [0.2, 0.25) is 11.8 Å². The molecule has 9 nitrogen and oxygen atoms in total. The molecular weight excluding hydrogens is 460 g/mol. The second-order valence-electron chi connectivity index (χ2n) is 10.3. The van der Waals surface area contributed by atoms with Crippen LogP contribution in [0.25, 0.3) is 0 Å². The summed E-state index contributed by atoms with van der Waals surface area (Å²) in [5.74, 6) is -0.451. The first-order valence-corrected chi connectivity index (χ1v) is 13.0. The Balaban J connectivity index is 1.61. The molecule has 0 aliphatic carbocycles. The molecule has 1 aromatic rings. The zero-order valence-corrected chi connectivity index (χ0v) is 22.0. The average Bonchev–Trinajstić information content (AvgIpc) is 2.87. The first kappa shape index (κ1) is 27.6. The van der Waals surface area contributed by atoms with Gasteiger partial charge in [-0.15, -0.1) is 0 Å². The zero-order valence-electron chi connectivity index (χ0n) is 22.0. The summed E-state index contributed by atoms with van der Waals surface area (Å²) in [4.78, 5) is 54.3. The lowest BCUT2D eigenvalue weighted by Gasteiger charge is -2.52. The molecule has 2 aliphatic heterocycles. The average molecular weight is 501 g/mol. The third-order valence-corrected chi connectivity index (χ3v) is 7.18. The Kier molecular flexibility index (Phi) is 9.48. The van der Waals surface area contributed by atoms with Crippen LogP contribution >= 0.6 is 0 Å². The minimum Gasteiger partial charge on any atom is -0.468 e. The molecule has 1 atom stereocenters. The minimum atomic E-state index is -0.766. The number of esters is 1. The van der Waals surface area contributed by atoms with Crippen LogP contribution in [0.3, 0.4) is 0 Å². The molecule has 2 saturated heterocycles. The van der Waals surface area contributed by atoms with E-state index in [1.54, 1.807) is 12.1 Å². The maximum atomic E-state index is 13.4. The van der Waals surface area contributed by atoms with E-state index in [4.69, 9.17) is 0 Å². The minimum absolute atomic E-state index is 0.00850. The summed E-state index contributed by atoms with van der Waals surface area (Å²) in [7, 11) is 1.27. The topological polar surface area (TPSA) is 108 Å². The van der Waals surface area contributed by atoms with E-state index in [0.29, 0.717) is 56.9 Å². The number of hydrogen-bond donors (Lipinski definition) is 2. The molecule has 198 valence electrons. The molecule has 2 heterocycles. The Morgan fingerprint density at radius 2 is 1.83 bits per heavy atom. The van der Waals surface area contributed by atoms with Crippen LogP contribution < -0.4 is 10.6 Å². The van der Waals surface area contributed by atoms with E-state index in [2.05, 4.69) is 41.0 Å². The van der Waals surface area contributed by atoms with Crippen molar-refractivity contribution in [2.75, 3.05) is 33.3 Å². The van der Waals surface area contributed by atoms with Crippen molar-refractivity contribution in [1.82, 2.24) is 20.4 Å². The van der Waals surface area contributed by atoms with Gasteiger partial charge in [-0.05, 0) is 49.3 Å². The Morgan fingerprint density at radius 1 is 1.17 bits per heavy atom. The first-order valence-electron chi connectivity index (χ1n) is 13.0. The van der Waals surface area contributed by atoms with Crippen molar-refractivity contribution in [3.63, 3.8) is 0 Å². The number of piperazine rings is 1. The Bertz CT molecular complexity index is 938. The van der Waals surface area contributed by atoms with Gasteiger partial charge in [0, 0.05) is 31.7 Å². The van der Waals surface area contributed by atoms with Crippen LogP contribution in [0, 0.1) is 5.92 Å².